The first-order valence-electron chi connectivity index (χ1n) is 6.80. The highest BCUT2D eigenvalue weighted by molar-refractivity contribution is 5.06. The molecule has 3 rings (SSSR count). The van der Waals surface area contributed by atoms with E-state index in [4.69, 9.17) is 4.74 Å². The molecular weight excluding hydrogens is 264 g/mol. The Morgan fingerprint density at radius 1 is 1.40 bits per heavy atom. The maximum Gasteiger partial charge on any atom is 0.330 e. The minimum Gasteiger partial charge on any atom is -0.390 e. The number of nitrogens with zero attached hydrogens (tertiary/aromatic N) is 1. The van der Waals surface area contributed by atoms with Crippen LogP contribution < -0.4 is 11.2 Å². The van der Waals surface area contributed by atoms with Crippen LogP contribution in [0, 0.1) is 6.92 Å². The lowest BCUT2D eigenvalue weighted by Gasteiger charge is -2.30. The second-order valence-corrected chi connectivity index (χ2v) is 5.67. The van der Waals surface area contributed by atoms with Crippen molar-refractivity contribution in [2.45, 2.75) is 56.6 Å². The topological polar surface area (TPSA) is 105 Å². The van der Waals surface area contributed by atoms with Crippen molar-refractivity contribution in [3.8, 4) is 0 Å². The molecule has 7 heteroatoms. The van der Waals surface area contributed by atoms with E-state index in [2.05, 4.69) is 4.98 Å². The number of H-pyrrole nitrogens is 1. The van der Waals surface area contributed by atoms with Gasteiger partial charge in [0, 0.05) is 18.2 Å². The highest BCUT2D eigenvalue weighted by Crippen LogP contribution is 2.46. The zero-order valence-electron chi connectivity index (χ0n) is 11.2. The van der Waals surface area contributed by atoms with Crippen molar-refractivity contribution < 1.29 is 14.9 Å². The van der Waals surface area contributed by atoms with Crippen LogP contribution in [0.4, 0.5) is 0 Å². The quantitative estimate of drug-likeness (QED) is 0.638. The zero-order chi connectivity index (χ0) is 14.5. The fourth-order valence-corrected chi connectivity index (χ4v) is 3.25. The van der Waals surface area contributed by atoms with Crippen molar-refractivity contribution >= 4 is 0 Å². The molecule has 2 aliphatic rings. The minimum absolute atomic E-state index is 0.225. The highest BCUT2D eigenvalue weighted by atomic mass is 16.6. The number of aromatic nitrogens is 2. The Kier molecular flexibility index (Phi) is 3.07. The first-order valence-corrected chi connectivity index (χ1v) is 6.80. The van der Waals surface area contributed by atoms with Gasteiger partial charge in [0.25, 0.3) is 5.56 Å². The number of hydrogen-bond donors (Lipinski definition) is 3. The van der Waals surface area contributed by atoms with E-state index >= 15 is 0 Å². The molecule has 1 saturated carbocycles. The third-order valence-corrected chi connectivity index (χ3v) is 4.41. The second-order valence-electron chi connectivity index (χ2n) is 5.67. The molecule has 0 unspecified atom stereocenters. The van der Waals surface area contributed by atoms with Gasteiger partial charge in [-0.05, 0) is 26.2 Å². The largest absolute Gasteiger partial charge is 0.390 e. The van der Waals surface area contributed by atoms with Gasteiger partial charge < -0.3 is 14.9 Å². The molecule has 2 fully saturated rings. The fourth-order valence-electron chi connectivity index (χ4n) is 3.25. The average Bonchev–Trinajstić information content (AvgIpc) is 2.91. The van der Waals surface area contributed by atoms with E-state index in [0.29, 0.717) is 18.4 Å². The summed E-state index contributed by atoms with van der Waals surface area (Å²) in [4.78, 5) is 25.4. The number of aromatic amines is 1. The molecule has 7 nitrogen and oxygen atoms in total. The Morgan fingerprint density at radius 2 is 2.15 bits per heavy atom. The van der Waals surface area contributed by atoms with Crippen molar-refractivity contribution in [3.05, 3.63) is 32.6 Å². The van der Waals surface area contributed by atoms with Crippen LogP contribution >= 0.6 is 0 Å². The van der Waals surface area contributed by atoms with Crippen molar-refractivity contribution in [1.82, 2.24) is 9.55 Å². The summed E-state index contributed by atoms with van der Waals surface area (Å²) in [5, 5.41) is 20.3. The second kappa shape index (κ2) is 4.54. The Labute approximate surface area is 114 Å². The Morgan fingerprint density at radius 3 is 2.80 bits per heavy atom. The van der Waals surface area contributed by atoms with Crippen molar-refractivity contribution in [1.29, 1.82) is 0 Å². The molecule has 110 valence electrons. The van der Waals surface area contributed by atoms with Gasteiger partial charge in [0.05, 0.1) is 12.2 Å². The van der Waals surface area contributed by atoms with E-state index in [0.717, 1.165) is 6.42 Å². The molecule has 3 N–H and O–H groups in total. The summed E-state index contributed by atoms with van der Waals surface area (Å²) in [7, 11) is 0. The molecule has 0 amide bonds. The van der Waals surface area contributed by atoms with E-state index in [1.807, 2.05) is 0 Å². The monoisotopic (exact) mass is 282 g/mol. The first-order chi connectivity index (χ1) is 9.44. The van der Waals surface area contributed by atoms with Crippen LogP contribution in [0.25, 0.3) is 0 Å². The van der Waals surface area contributed by atoms with E-state index in [9.17, 15) is 19.8 Å². The van der Waals surface area contributed by atoms with Gasteiger partial charge in [0.2, 0.25) is 0 Å². The summed E-state index contributed by atoms with van der Waals surface area (Å²) >= 11 is 0. The Balaban J connectivity index is 1.96. The predicted molar refractivity (Wildman–Crippen MR) is 69.4 cm³/mol. The predicted octanol–water partition coefficient (Wildman–Crippen LogP) is -0.592. The summed E-state index contributed by atoms with van der Waals surface area (Å²) in [6.45, 7) is 1.60. The Hall–Kier alpha value is -1.44. The van der Waals surface area contributed by atoms with Gasteiger partial charge in [-0.2, -0.15) is 0 Å². The van der Waals surface area contributed by atoms with Gasteiger partial charge in [0.1, 0.15) is 11.8 Å². The first kappa shape index (κ1) is 13.5. The number of aliphatic hydroxyl groups is 2. The minimum atomic E-state index is -0.978. The molecule has 0 aromatic carbocycles. The summed E-state index contributed by atoms with van der Waals surface area (Å²) in [5.74, 6) is 0. The number of rotatable bonds is 1. The summed E-state index contributed by atoms with van der Waals surface area (Å²) < 4.78 is 7.11. The standard InChI is InChI=1S/C13H18N2O5/c1-7-6-15(12(19)14-11(7)18)10-5-9(17)13(20-10)4-2-3-8(13)16/h6,8-10,16-17H,2-5H2,1H3,(H,14,18,19)/t8-,9-,10+,13-/m0/s1. The molecule has 2 heterocycles. The van der Waals surface area contributed by atoms with E-state index in [1.54, 1.807) is 6.92 Å². The maximum atomic E-state index is 11.9. The van der Waals surface area contributed by atoms with Gasteiger partial charge in [-0.1, -0.05) is 0 Å². The molecule has 1 aliphatic carbocycles. The molecule has 0 bridgehead atoms. The van der Waals surface area contributed by atoms with Gasteiger partial charge in [-0.15, -0.1) is 0 Å². The van der Waals surface area contributed by atoms with Crippen LogP contribution in [0.1, 0.15) is 37.5 Å². The van der Waals surface area contributed by atoms with Gasteiger partial charge >= 0.3 is 5.69 Å². The lowest BCUT2D eigenvalue weighted by Crippen LogP contribution is -2.46. The van der Waals surface area contributed by atoms with Gasteiger partial charge in [-0.3, -0.25) is 14.3 Å². The number of nitrogens with one attached hydrogen (secondary N) is 1. The van der Waals surface area contributed by atoms with Gasteiger partial charge in [-0.25, -0.2) is 4.79 Å². The molecular formula is C13H18N2O5. The summed E-state index contributed by atoms with van der Waals surface area (Å²) in [6, 6.07) is 0. The molecule has 1 aromatic rings. The van der Waals surface area contributed by atoms with Crippen LogP contribution in [0.5, 0.6) is 0 Å². The normalized spacial score (nSPS) is 36.9. The van der Waals surface area contributed by atoms with Crippen molar-refractivity contribution in [2.75, 3.05) is 0 Å². The van der Waals surface area contributed by atoms with Crippen LogP contribution in [-0.4, -0.2) is 37.6 Å². The van der Waals surface area contributed by atoms with E-state index in [1.165, 1.54) is 10.8 Å². The summed E-state index contributed by atoms with van der Waals surface area (Å²) in [5.41, 5.74) is -1.58. The maximum absolute atomic E-state index is 11.9. The Bertz CT molecular complexity index is 636. The molecule has 0 radical (unpaired) electrons. The van der Waals surface area contributed by atoms with Crippen LogP contribution in [0.15, 0.2) is 15.8 Å². The van der Waals surface area contributed by atoms with Crippen LogP contribution in [-0.2, 0) is 4.74 Å². The number of ether oxygens (including phenoxy) is 1. The molecule has 20 heavy (non-hydrogen) atoms. The van der Waals surface area contributed by atoms with Crippen molar-refractivity contribution in [3.63, 3.8) is 0 Å². The van der Waals surface area contributed by atoms with Crippen LogP contribution in [0.3, 0.4) is 0 Å². The number of aryl methyl sites for hydroxylation is 1. The van der Waals surface area contributed by atoms with Crippen molar-refractivity contribution in [2.24, 2.45) is 0 Å². The van der Waals surface area contributed by atoms with E-state index < -0.39 is 35.3 Å². The zero-order valence-corrected chi connectivity index (χ0v) is 11.2. The molecule has 1 saturated heterocycles. The smallest absolute Gasteiger partial charge is 0.330 e. The highest BCUT2D eigenvalue weighted by Gasteiger charge is 2.55. The van der Waals surface area contributed by atoms with E-state index in [-0.39, 0.29) is 6.42 Å². The fraction of sp³-hybridized carbons (Fsp3) is 0.692. The molecule has 1 aromatic heterocycles. The average molecular weight is 282 g/mol. The van der Waals surface area contributed by atoms with Crippen LogP contribution in [0.2, 0.25) is 0 Å². The van der Waals surface area contributed by atoms with Gasteiger partial charge in [0.15, 0.2) is 0 Å². The third-order valence-electron chi connectivity index (χ3n) is 4.41. The molecule has 4 atom stereocenters. The third kappa shape index (κ3) is 1.85. The lowest BCUT2D eigenvalue weighted by molar-refractivity contribution is -0.149. The number of aliphatic hydroxyl groups excluding tert-OH is 2. The molecule has 1 spiro atoms. The summed E-state index contributed by atoms with van der Waals surface area (Å²) in [6.07, 6.45) is 1.39. The molecule has 1 aliphatic heterocycles. The number of hydrogen-bond acceptors (Lipinski definition) is 5. The lowest BCUT2D eigenvalue weighted by atomic mass is 9.93. The SMILES string of the molecule is Cc1cn([C@H]2C[C@H](O)[C@@]3(CCC[C@@H]3O)O2)c(=O)[nH]c1=O.